The van der Waals surface area contributed by atoms with E-state index in [0.29, 0.717) is 11.5 Å². The quantitative estimate of drug-likeness (QED) is 0.782. The Morgan fingerprint density at radius 2 is 2.32 bits per heavy atom. The second-order valence-electron chi connectivity index (χ2n) is 3.98. The first-order valence-electron chi connectivity index (χ1n) is 5.47. The minimum absolute atomic E-state index is 0.177. The molecule has 0 aliphatic carbocycles. The van der Waals surface area contributed by atoms with Gasteiger partial charge in [-0.2, -0.15) is 5.10 Å². The Hall–Kier alpha value is -1.73. The SMILES string of the molecule is Cn1cc(-c2cc(=O)[nH]c(-c3sccc3Br)n2)cn1. The van der Waals surface area contributed by atoms with E-state index in [1.807, 2.05) is 24.7 Å². The van der Waals surface area contributed by atoms with Crippen molar-refractivity contribution in [2.75, 3.05) is 0 Å². The lowest BCUT2D eigenvalue weighted by atomic mass is 10.2. The van der Waals surface area contributed by atoms with Gasteiger partial charge in [0.15, 0.2) is 5.82 Å². The van der Waals surface area contributed by atoms with Crippen LogP contribution in [0.3, 0.4) is 0 Å². The van der Waals surface area contributed by atoms with Gasteiger partial charge in [0.1, 0.15) is 0 Å². The Labute approximate surface area is 121 Å². The van der Waals surface area contributed by atoms with Gasteiger partial charge >= 0.3 is 0 Å². The summed E-state index contributed by atoms with van der Waals surface area (Å²) in [4.78, 5) is 19.9. The van der Waals surface area contributed by atoms with Gasteiger partial charge in [0.2, 0.25) is 0 Å². The van der Waals surface area contributed by atoms with Crippen molar-refractivity contribution in [2.24, 2.45) is 7.05 Å². The normalized spacial score (nSPS) is 10.8. The first-order valence-corrected chi connectivity index (χ1v) is 7.14. The molecule has 96 valence electrons. The number of nitrogens with one attached hydrogen (secondary N) is 1. The number of aromatic amines is 1. The van der Waals surface area contributed by atoms with E-state index in [-0.39, 0.29) is 5.56 Å². The van der Waals surface area contributed by atoms with Crippen molar-refractivity contribution in [1.29, 1.82) is 0 Å². The van der Waals surface area contributed by atoms with Crippen molar-refractivity contribution in [3.05, 3.63) is 44.7 Å². The number of rotatable bonds is 2. The molecule has 0 saturated carbocycles. The van der Waals surface area contributed by atoms with E-state index in [2.05, 4.69) is 31.0 Å². The van der Waals surface area contributed by atoms with Gasteiger partial charge in [-0.3, -0.25) is 9.48 Å². The van der Waals surface area contributed by atoms with Gasteiger partial charge in [-0.15, -0.1) is 11.3 Å². The van der Waals surface area contributed by atoms with Crippen LogP contribution in [0.1, 0.15) is 0 Å². The average molecular weight is 337 g/mol. The van der Waals surface area contributed by atoms with E-state index in [0.717, 1.165) is 14.9 Å². The van der Waals surface area contributed by atoms with E-state index >= 15 is 0 Å². The minimum atomic E-state index is -0.177. The summed E-state index contributed by atoms with van der Waals surface area (Å²) in [5.74, 6) is 0.563. The number of aromatic nitrogens is 4. The maximum absolute atomic E-state index is 11.8. The highest BCUT2D eigenvalue weighted by Gasteiger charge is 2.11. The van der Waals surface area contributed by atoms with Crippen LogP contribution in [0.5, 0.6) is 0 Å². The van der Waals surface area contributed by atoms with E-state index in [4.69, 9.17) is 0 Å². The summed E-state index contributed by atoms with van der Waals surface area (Å²) in [7, 11) is 1.83. The topological polar surface area (TPSA) is 63.6 Å². The lowest BCUT2D eigenvalue weighted by Crippen LogP contribution is -2.08. The lowest BCUT2D eigenvalue weighted by Gasteiger charge is -2.01. The van der Waals surface area contributed by atoms with Gasteiger partial charge in [-0.05, 0) is 27.4 Å². The van der Waals surface area contributed by atoms with E-state index in [1.165, 1.54) is 17.4 Å². The third kappa shape index (κ3) is 2.39. The lowest BCUT2D eigenvalue weighted by molar-refractivity contribution is 0.768. The summed E-state index contributed by atoms with van der Waals surface area (Å²) in [5.41, 5.74) is 1.26. The van der Waals surface area contributed by atoms with Crippen LogP contribution >= 0.6 is 27.3 Å². The molecule has 0 bridgehead atoms. The monoisotopic (exact) mass is 336 g/mol. The Bertz CT molecular complexity index is 789. The molecule has 0 aromatic carbocycles. The fraction of sp³-hybridized carbons (Fsp3) is 0.0833. The number of halogens is 1. The zero-order chi connectivity index (χ0) is 13.4. The average Bonchev–Trinajstić information content (AvgIpc) is 2.97. The molecule has 3 aromatic heterocycles. The van der Waals surface area contributed by atoms with Gasteiger partial charge in [-0.1, -0.05) is 0 Å². The molecule has 1 N–H and O–H groups in total. The molecule has 0 amide bonds. The van der Waals surface area contributed by atoms with Crippen molar-refractivity contribution < 1.29 is 0 Å². The number of aryl methyl sites for hydroxylation is 1. The molecule has 19 heavy (non-hydrogen) atoms. The van der Waals surface area contributed by atoms with Gasteiger partial charge < -0.3 is 4.98 Å². The zero-order valence-corrected chi connectivity index (χ0v) is 12.3. The highest BCUT2D eigenvalue weighted by atomic mass is 79.9. The predicted molar refractivity (Wildman–Crippen MR) is 78.1 cm³/mol. The third-order valence-corrected chi connectivity index (χ3v) is 4.42. The van der Waals surface area contributed by atoms with Crippen LogP contribution in [0.4, 0.5) is 0 Å². The third-order valence-electron chi connectivity index (χ3n) is 2.57. The number of nitrogens with zero attached hydrogens (tertiary/aromatic N) is 3. The molecule has 0 spiro atoms. The number of thiophene rings is 1. The maximum Gasteiger partial charge on any atom is 0.251 e. The molecule has 0 atom stereocenters. The van der Waals surface area contributed by atoms with Gasteiger partial charge in [0.05, 0.1) is 16.8 Å². The van der Waals surface area contributed by atoms with Crippen LogP contribution in [0.25, 0.3) is 22.0 Å². The molecule has 0 radical (unpaired) electrons. The largest absolute Gasteiger partial charge is 0.306 e. The first kappa shape index (κ1) is 12.3. The van der Waals surface area contributed by atoms with Gasteiger partial charge in [-0.25, -0.2) is 4.98 Å². The molecule has 0 fully saturated rings. The molecule has 0 unspecified atom stereocenters. The first-order chi connectivity index (χ1) is 9.13. The molecule has 3 aromatic rings. The minimum Gasteiger partial charge on any atom is -0.306 e. The molecular weight excluding hydrogens is 328 g/mol. The molecule has 3 rings (SSSR count). The van der Waals surface area contributed by atoms with Crippen LogP contribution in [0.15, 0.2) is 39.2 Å². The molecular formula is C12H9BrN4OS. The fourth-order valence-electron chi connectivity index (χ4n) is 1.73. The summed E-state index contributed by atoms with van der Waals surface area (Å²) in [6, 6.07) is 3.40. The maximum atomic E-state index is 11.8. The van der Waals surface area contributed by atoms with E-state index < -0.39 is 0 Å². The highest BCUT2D eigenvalue weighted by Crippen LogP contribution is 2.31. The number of H-pyrrole nitrogens is 1. The summed E-state index contributed by atoms with van der Waals surface area (Å²) in [5, 5.41) is 6.03. The second-order valence-corrected chi connectivity index (χ2v) is 5.75. The van der Waals surface area contributed by atoms with Crippen molar-refractivity contribution in [2.45, 2.75) is 0 Å². The van der Waals surface area contributed by atoms with Crippen molar-refractivity contribution in [3.8, 4) is 22.0 Å². The Balaban J connectivity index is 2.16. The molecule has 0 aliphatic rings. The molecule has 7 heteroatoms. The Morgan fingerprint density at radius 3 is 2.95 bits per heavy atom. The Kier molecular flexibility index (Phi) is 3.08. The van der Waals surface area contributed by atoms with Crippen LogP contribution in [-0.4, -0.2) is 19.7 Å². The molecule has 3 heterocycles. The van der Waals surface area contributed by atoms with Crippen molar-refractivity contribution in [1.82, 2.24) is 19.7 Å². The van der Waals surface area contributed by atoms with E-state index in [1.54, 1.807) is 10.9 Å². The van der Waals surface area contributed by atoms with Gasteiger partial charge in [0, 0.05) is 29.3 Å². The molecule has 0 saturated heterocycles. The smallest absolute Gasteiger partial charge is 0.251 e. The highest BCUT2D eigenvalue weighted by molar-refractivity contribution is 9.10. The van der Waals surface area contributed by atoms with E-state index in [9.17, 15) is 4.79 Å². The standard InChI is InChI=1S/C12H9BrN4OS/c1-17-6-7(5-14-17)9-4-10(18)16-12(15-9)11-8(13)2-3-19-11/h2-6H,1H3,(H,15,16,18). The number of hydrogen-bond acceptors (Lipinski definition) is 4. The van der Waals surface area contributed by atoms with Crippen LogP contribution in [0, 0.1) is 0 Å². The molecule has 0 aliphatic heterocycles. The second kappa shape index (κ2) is 4.75. The van der Waals surface area contributed by atoms with Crippen LogP contribution < -0.4 is 5.56 Å². The fourth-order valence-corrected chi connectivity index (χ4v) is 3.23. The summed E-state index contributed by atoms with van der Waals surface area (Å²) in [6.07, 6.45) is 3.52. The summed E-state index contributed by atoms with van der Waals surface area (Å²) < 4.78 is 2.60. The van der Waals surface area contributed by atoms with Crippen LogP contribution in [0.2, 0.25) is 0 Å². The summed E-state index contributed by atoms with van der Waals surface area (Å²) in [6.45, 7) is 0. The van der Waals surface area contributed by atoms with Crippen molar-refractivity contribution >= 4 is 27.3 Å². The van der Waals surface area contributed by atoms with Crippen LogP contribution in [-0.2, 0) is 7.05 Å². The predicted octanol–water partition coefficient (Wildman–Crippen LogP) is 2.66. The number of hydrogen-bond donors (Lipinski definition) is 1. The van der Waals surface area contributed by atoms with Crippen molar-refractivity contribution in [3.63, 3.8) is 0 Å². The molecule has 5 nitrogen and oxygen atoms in total. The Morgan fingerprint density at radius 1 is 1.47 bits per heavy atom. The zero-order valence-electron chi connectivity index (χ0n) is 9.92. The van der Waals surface area contributed by atoms with Gasteiger partial charge in [0.25, 0.3) is 5.56 Å². The summed E-state index contributed by atoms with van der Waals surface area (Å²) >= 11 is 4.96.